The molecule has 1 aliphatic heterocycles. The molecule has 1 atom stereocenters. The number of rotatable bonds is 8. The lowest BCUT2D eigenvalue weighted by Gasteiger charge is -2.22. The highest BCUT2D eigenvalue weighted by Gasteiger charge is 2.25. The molecule has 2 aromatic rings. The molecule has 1 N–H and O–H groups in total. The zero-order valence-electron chi connectivity index (χ0n) is 17.0. The van der Waals surface area contributed by atoms with Crippen molar-refractivity contribution in [3.8, 4) is 5.75 Å². The van der Waals surface area contributed by atoms with Gasteiger partial charge in [0.05, 0.1) is 13.2 Å². The van der Waals surface area contributed by atoms with Gasteiger partial charge in [0, 0.05) is 32.6 Å². The number of nitrogens with zero attached hydrogens (tertiary/aromatic N) is 2. The first-order valence-corrected chi connectivity index (χ1v) is 9.75. The van der Waals surface area contributed by atoms with Crippen LogP contribution in [0, 0.1) is 5.92 Å². The fourth-order valence-electron chi connectivity index (χ4n) is 3.42. The third kappa shape index (κ3) is 7.71. The quantitative estimate of drug-likeness (QED) is 0.309. The summed E-state index contributed by atoms with van der Waals surface area (Å²) in [5.41, 5.74) is 2.03. The number of guanidine groups is 1. The fourth-order valence-corrected chi connectivity index (χ4v) is 3.42. The van der Waals surface area contributed by atoms with E-state index in [2.05, 4.69) is 32.1 Å². The zero-order chi connectivity index (χ0) is 20.5. The van der Waals surface area contributed by atoms with Crippen LogP contribution in [0.2, 0.25) is 0 Å². The normalized spacial score (nSPS) is 16.5. The Balaban J connectivity index is 0.00000320. The molecule has 30 heavy (non-hydrogen) atoms. The third-order valence-corrected chi connectivity index (χ3v) is 4.84. The summed E-state index contributed by atoms with van der Waals surface area (Å²) in [7, 11) is 1.75. The van der Waals surface area contributed by atoms with Crippen molar-refractivity contribution in [2.75, 3.05) is 26.7 Å². The molecule has 1 heterocycles. The molecule has 1 saturated heterocycles. The van der Waals surface area contributed by atoms with Gasteiger partial charge in [-0.25, -0.2) is 0 Å². The molecule has 3 rings (SSSR count). The third-order valence-electron chi connectivity index (χ3n) is 4.84. The van der Waals surface area contributed by atoms with Crippen LogP contribution in [0.15, 0.2) is 59.6 Å². The van der Waals surface area contributed by atoms with E-state index in [1.54, 1.807) is 19.2 Å². The van der Waals surface area contributed by atoms with Gasteiger partial charge >= 0.3 is 6.61 Å². The minimum Gasteiger partial charge on any atom is -0.435 e. The van der Waals surface area contributed by atoms with Gasteiger partial charge < -0.3 is 19.7 Å². The van der Waals surface area contributed by atoms with E-state index in [0.717, 1.165) is 37.6 Å². The van der Waals surface area contributed by atoms with Crippen molar-refractivity contribution in [1.29, 1.82) is 0 Å². The Bertz CT molecular complexity index is 793. The molecule has 1 unspecified atom stereocenters. The van der Waals surface area contributed by atoms with Crippen LogP contribution in [0.1, 0.15) is 17.5 Å². The van der Waals surface area contributed by atoms with Crippen molar-refractivity contribution >= 4 is 29.9 Å². The Morgan fingerprint density at radius 3 is 2.67 bits per heavy atom. The van der Waals surface area contributed by atoms with Crippen molar-refractivity contribution in [2.24, 2.45) is 10.9 Å². The number of benzene rings is 2. The van der Waals surface area contributed by atoms with Gasteiger partial charge in [-0.2, -0.15) is 8.78 Å². The molecule has 2 aromatic carbocycles. The van der Waals surface area contributed by atoms with E-state index in [0.29, 0.717) is 19.1 Å². The zero-order valence-corrected chi connectivity index (χ0v) is 19.3. The van der Waals surface area contributed by atoms with E-state index in [9.17, 15) is 8.78 Å². The summed E-state index contributed by atoms with van der Waals surface area (Å²) in [6.07, 6.45) is 1.05. The molecular weight excluding hydrogens is 503 g/mol. The minimum absolute atomic E-state index is 0. The number of ether oxygens (including phenoxy) is 2. The highest BCUT2D eigenvalue weighted by molar-refractivity contribution is 14.0. The summed E-state index contributed by atoms with van der Waals surface area (Å²) >= 11 is 0. The highest BCUT2D eigenvalue weighted by atomic mass is 127. The molecule has 1 fully saturated rings. The number of alkyl halides is 2. The molecule has 0 aromatic heterocycles. The van der Waals surface area contributed by atoms with Crippen LogP contribution in [-0.4, -0.2) is 44.2 Å². The molecule has 0 amide bonds. The standard InChI is InChI=1S/C22H27F2N3O2.HI/c1-25-22(26-13-18-8-5-9-20(12-18)29-21(23)24)27-11-10-19(14-27)16-28-15-17-6-3-2-4-7-17;/h2-9,12,19,21H,10-11,13-16H2,1H3,(H,25,26);1H. The Morgan fingerprint density at radius 1 is 1.17 bits per heavy atom. The highest BCUT2D eigenvalue weighted by Crippen LogP contribution is 2.18. The van der Waals surface area contributed by atoms with Crippen LogP contribution in [-0.2, 0) is 17.9 Å². The average molecular weight is 531 g/mol. The summed E-state index contributed by atoms with van der Waals surface area (Å²) < 4.78 is 35.1. The second-order valence-corrected chi connectivity index (χ2v) is 7.03. The largest absolute Gasteiger partial charge is 0.435 e. The second kappa shape index (κ2) is 12.7. The molecule has 5 nitrogen and oxygen atoms in total. The van der Waals surface area contributed by atoms with E-state index >= 15 is 0 Å². The van der Waals surface area contributed by atoms with Crippen LogP contribution in [0.25, 0.3) is 0 Å². The maximum absolute atomic E-state index is 12.4. The summed E-state index contributed by atoms with van der Waals surface area (Å²) in [5.74, 6) is 1.42. The van der Waals surface area contributed by atoms with Crippen LogP contribution in [0.3, 0.4) is 0 Å². The van der Waals surface area contributed by atoms with E-state index in [1.807, 2.05) is 24.3 Å². The van der Waals surface area contributed by atoms with Gasteiger partial charge in [0.1, 0.15) is 5.75 Å². The maximum atomic E-state index is 12.4. The van der Waals surface area contributed by atoms with Crippen molar-refractivity contribution in [1.82, 2.24) is 10.2 Å². The van der Waals surface area contributed by atoms with Crippen molar-refractivity contribution in [3.63, 3.8) is 0 Å². The van der Waals surface area contributed by atoms with Gasteiger partial charge in [-0.3, -0.25) is 4.99 Å². The van der Waals surface area contributed by atoms with Crippen LogP contribution in [0.4, 0.5) is 8.78 Å². The van der Waals surface area contributed by atoms with Gasteiger partial charge in [0.25, 0.3) is 0 Å². The van der Waals surface area contributed by atoms with E-state index in [-0.39, 0.29) is 29.7 Å². The van der Waals surface area contributed by atoms with Crippen molar-refractivity contribution in [3.05, 3.63) is 65.7 Å². The Morgan fingerprint density at radius 2 is 1.93 bits per heavy atom. The fraction of sp³-hybridized carbons (Fsp3) is 0.409. The molecular formula is C22H28F2IN3O2. The molecule has 8 heteroatoms. The lowest BCUT2D eigenvalue weighted by atomic mass is 10.1. The average Bonchev–Trinajstić information content (AvgIpc) is 3.18. The topological polar surface area (TPSA) is 46.1 Å². The van der Waals surface area contributed by atoms with Crippen molar-refractivity contribution in [2.45, 2.75) is 26.2 Å². The Hall–Kier alpha value is -1.94. The van der Waals surface area contributed by atoms with Gasteiger partial charge in [-0.1, -0.05) is 42.5 Å². The van der Waals surface area contributed by atoms with Gasteiger partial charge in [-0.05, 0) is 29.7 Å². The van der Waals surface area contributed by atoms with Gasteiger partial charge in [-0.15, -0.1) is 24.0 Å². The summed E-state index contributed by atoms with van der Waals surface area (Å²) in [6, 6.07) is 16.8. The number of hydrogen-bond donors (Lipinski definition) is 1. The molecule has 0 radical (unpaired) electrons. The first kappa shape index (κ1) is 24.3. The van der Waals surface area contributed by atoms with Gasteiger partial charge in [0.2, 0.25) is 0 Å². The van der Waals surface area contributed by atoms with E-state index in [4.69, 9.17) is 4.74 Å². The van der Waals surface area contributed by atoms with Crippen LogP contribution in [0.5, 0.6) is 5.75 Å². The lowest BCUT2D eigenvalue weighted by molar-refractivity contribution is -0.0498. The van der Waals surface area contributed by atoms with Crippen LogP contribution < -0.4 is 10.1 Å². The Labute approximate surface area is 193 Å². The molecule has 0 aliphatic carbocycles. The van der Waals surface area contributed by atoms with Gasteiger partial charge in [0.15, 0.2) is 5.96 Å². The predicted molar refractivity (Wildman–Crippen MR) is 124 cm³/mol. The van der Waals surface area contributed by atoms with Crippen LogP contribution >= 0.6 is 24.0 Å². The summed E-state index contributed by atoms with van der Waals surface area (Å²) in [5, 5.41) is 3.30. The predicted octanol–water partition coefficient (Wildman–Crippen LogP) is 4.52. The second-order valence-electron chi connectivity index (χ2n) is 7.03. The minimum atomic E-state index is -2.82. The molecule has 1 aliphatic rings. The molecule has 0 bridgehead atoms. The molecule has 0 saturated carbocycles. The smallest absolute Gasteiger partial charge is 0.387 e. The van der Waals surface area contributed by atoms with E-state index < -0.39 is 6.61 Å². The Kier molecular flexibility index (Phi) is 10.3. The monoisotopic (exact) mass is 531 g/mol. The SMILES string of the molecule is CN=C(NCc1cccc(OC(F)F)c1)N1CCC(COCc2ccccc2)C1.I. The number of aliphatic imine (C=N–C) groups is 1. The first-order chi connectivity index (χ1) is 14.1. The van der Waals surface area contributed by atoms with E-state index in [1.165, 1.54) is 11.6 Å². The first-order valence-electron chi connectivity index (χ1n) is 9.75. The summed E-state index contributed by atoms with van der Waals surface area (Å²) in [6.45, 7) is 0.795. The van der Waals surface area contributed by atoms with Crippen molar-refractivity contribution < 1.29 is 18.3 Å². The number of hydrogen-bond acceptors (Lipinski definition) is 3. The maximum Gasteiger partial charge on any atom is 0.387 e. The number of likely N-dealkylation sites (tertiary alicyclic amines) is 1. The number of nitrogens with one attached hydrogen (secondary N) is 1. The molecule has 164 valence electrons. The lowest BCUT2D eigenvalue weighted by Crippen LogP contribution is -2.39. The molecule has 0 spiro atoms. The summed E-state index contributed by atoms with van der Waals surface area (Å²) in [4.78, 5) is 6.56. The number of halogens is 3.